The molecule has 5 heteroatoms. The number of alkyl halides is 2. The van der Waals surface area contributed by atoms with Crippen LogP contribution in [-0.4, -0.2) is 6.61 Å². The molecule has 0 aliphatic carbocycles. The van der Waals surface area contributed by atoms with E-state index in [1.54, 1.807) is 0 Å². The van der Waals surface area contributed by atoms with E-state index in [1.165, 1.54) is 12.1 Å². The second-order valence-electron chi connectivity index (χ2n) is 2.61. The summed E-state index contributed by atoms with van der Waals surface area (Å²) in [5.74, 6) is -0.0390. The van der Waals surface area contributed by atoms with Crippen molar-refractivity contribution in [1.29, 1.82) is 0 Å². The first kappa shape index (κ1) is 11.5. The average molecular weight is 241 g/mol. The molecule has 0 aliphatic rings. The van der Waals surface area contributed by atoms with Crippen LogP contribution in [0, 0.1) is 0 Å². The summed E-state index contributed by atoms with van der Waals surface area (Å²) in [5.41, 5.74) is 0.728. The van der Waals surface area contributed by atoms with Crippen molar-refractivity contribution in [3.8, 4) is 5.75 Å². The summed E-state index contributed by atoms with van der Waals surface area (Å²) >= 11 is 11.5. The summed E-state index contributed by atoms with van der Waals surface area (Å²) in [6, 6.07) is 2.83. The largest absolute Gasteiger partial charge is 0.433 e. The Labute approximate surface area is 90.6 Å². The average Bonchev–Trinajstić information content (AvgIpc) is 2.09. The first-order valence-corrected chi connectivity index (χ1v) is 4.73. The molecule has 0 aliphatic heterocycles. The number of hydrogen-bond acceptors (Lipinski definition) is 1. The molecule has 1 aromatic rings. The standard InChI is InChI=1S/C9H8Cl2F2O/c1-2-5-3-8(14-9(12)13)7(11)4-6(5)10/h3-4,9H,2H2,1H3. The molecule has 0 N–H and O–H groups in total. The quantitative estimate of drug-likeness (QED) is 0.772. The Morgan fingerprint density at radius 3 is 2.43 bits per heavy atom. The van der Waals surface area contributed by atoms with E-state index in [4.69, 9.17) is 23.2 Å². The van der Waals surface area contributed by atoms with Crippen LogP contribution in [0.25, 0.3) is 0 Å². The van der Waals surface area contributed by atoms with Gasteiger partial charge in [0.2, 0.25) is 0 Å². The molecule has 0 saturated carbocycles. The highest BCUT2D eigenvalue weighted by atomic mass is 35.5. The number of aryl methyl sites for hydroxylation is 1. The summed E-state index contributed by atoms with van der Waals surface area (Å²) in [5, 5.41) is 0.548. The van der Waals surface area contributed by atoms with Crippen molar-refractivity contribution in [2.45, 2.75) is 20.0 Å². The molecule has 0 heterocycles. The molecule has 0 radical (unpaired) electrons. The van der Waals surface area contributed by atoms with Gasteiger partial charge in [-0.2, -0.15) is 8.78 Å². The predicted molar refractivity (Wildman–Crippen MR) is 52.5 cm³/mol. The van der Waals surface area contributed by atoms with Gasteiger partial charge in [0.05, 0.1) is 5.02 Å². The predicted octanol–water partition coefficient (Wildman–Crippen LogP) is 4.16. The first-order valence-electron chi connectivity index (χ1n) is 3.97. The zero-order valence-electron chi connectivity index (χ0n) is 7.36. The van der Waals surface area contributed by atoms with E-state index in [0.29, 0.717) is 11.4 Å². The number of halogens is 4. The van der Waals surface area contributed by atoms with Crippen molar-refractivity contribution in [1.82, 2.24) is 0 Å². The van der Waals surface area contributed by atoms with Crippen molar-refractivity contribution in [2.24, 2.45) is 0 Å². The summed E-state index contributed by atoms with van der Waals surface area (Å²) < 4.78 is 28.1. The molecule has 0 spiro atoms. The van der Waals surface area contributed by atoms with E-state index in [-0.39, 0.29) is 10.8 Å². The van der Waals surface area contributed by atoms with Gasteiger partial charge in [-0.05, 0) is 24.1 Å². The number of hydrogen-bond donors (Lipinski definition) is 0. The van der Waals surface area contributed by atoms with Gasteiger partial charge in [0.15, 0.2) is 0 Å². The molecule has 0 aromatic heterocycles. The van der Waals surface area contributed by atoms with Crippen LogP contribution in [0.3, 0.4) is 0 Å². The lowest BCUT2D eigenvalue weighted by molar-refractivity contribution is -0.0498. The normalized spacial score (nSPS) is 10.7. The third-order valence-corrected chi connectivity index (χ3v) is 2.35. The van der Waals surface area contributed by atoms with E-state index < -0.39 is 6.61 Å². The van der Waals surface area contributed by atoms with Crippen LogP contribution >= 0.6 is 23.2 Å². The molecule has 1 nitrogen and oxygen atoms in total. The lowest BCUT2D eigenvalue weighted by Gasteiger charge is -2.09. The van der Waals surface area contributed by atoms with E-state index in [2.05, 4.69) is 4.74 Å². The van der Waals surface area contributed by atoms with Gasteiger partial charge >= 0.3 is 6.61 Å². The van der Waals surface area contributed by atoms with Crippen LogP contribution < -0.4 is 4.74 Å². The fourth-order valence-corrected chi connectivity index (χ4v) is 1.59. The molecular weight excluding hydrogens is 233 g/mol. The fourth-order valence-electron chi connectivity index (χ4n) is 1.03. The van der Waals surface area contributed by atoms with Gasteiger partial charge in [0.1, 0.15) is 5.75 Å². The smallest absolute Gasteiger partial charge is 0.387 e. The van der Waals surface area contributed by atoms with E-state index in [1.807, 2.05) is 6.92 Å². The van der Waals surface area contributed by atoms with Crippen LogP contribution in [0.1, 0.15) is 12.5 Å². The van der Waals surface area contributed by atoms with Gasteiger partial charge < -0.3 is 4.74 Å². The van der Waals surface area contributed by atoms with Gasteiger partial charge in [0.25, 0.3) is 0 Å². The summed E-state index contributed by atoms with van der Waals surface area (Å²) in [6.45, 7) is -1.01. The third kappa shape index (κ3) is 2.72. The molecule has 1 aromatic carbocycles. The molecule has 0 amide bonds. The van der Waals surface area contributed by atoms with Crippen LogP contribution in [-0.2, 0) is 6.42 Å². The number of ether oxygens (including phenoxy) is 1. The van der Waals surface area contributed by atoms with Crippen molar-refractivity contribution < 1.29 is 13.5 Å². The van der Waals surface area contributed by atoms with Crippen LogP contribution in [0.5, 0.6) is 5.75 Å². The molecule has 0 saturated heterocycles. The Hall–Kier alpha value is -0.540. The first-order chi connectivity index (χ1) is 6.54. The Morgan fingerprint density at radius 1 is 1.29 bits per heavy atom. The molecule has 14 heavy (non-hydrogen) atoms. The fraction of sp³-hybridized carbons (Fsp3) is 0.333. The Kier molecular flexibility index (Phi) is 3.96. The lowest BCUT2D eigenvalue weighted by Crippen LogP contribution is -2.03. The van der Waals surface area contributed by atoms with E-state index in [0.717, 1.165) is 5.56 Å². The van der Waals surface area contributed by atoms with E-state index in [9.17, 15) is 8.78 Å². The van der Waals surface area contributed by atoms with Gasteiger partial charge in [-0.25, -0.2) is 0 Å². The zero-order valence-corrected chi connectivity index (χ0v) is 8.87. The molecule has 0 bridgehead atoms. The second-order valence-corrected chi connectivity index (χ2v) is 3.42. The van der Waals surface area contributed by atoms with Crippen molar-refractivity contribution in [3.05, 3.63) is 27.7 Å². The highest BCUT2D eigenvalue weighted by Crippen LogP contribution is 2.32. The summed E-state index contributed by atoms with van der Waals surface area (Å²) in [6.07, 6.45) is 0.635. The van der Waals surface area contributed by atoms with Gasteiger partial charge in [-0.3, -0.25) is 0 Å². The minimum absolute atomic E-state index is 0.0390. The number of benzene rings is 1. The minimum atomic E-state index is -2.88. The molecule has 0 atom stereocenters. The van der Waals surface area contributed by atoms with Crippen molar-refractivity contribution in [2.75, 3.05) is 0 Å². The third-order valence-electron chi connectivity index (χ3n) is 1.70. The monoisotopic (exact) mass is 240 g/mol. The summed E-state index contributed by atoms with van der Waals surface area (Å²) in [7, 11) is 0. The SMILES string of the molecule is CCc1cc(OC(F)F)c(Cl)cc1Cl. The molecule has 0 fully saturated rings. The number of rotatable bonds is 3. The summed E-state index contributed by atoms with van der Waals surface area (Å²) in [4.78, 5) is 0. The van der Waals surface area contributed by atoms with Gasteiger partial charge in [-0.15, -0.1) is 0 Å². The Morgan fingerprint density at radius 2 is 1.93 bits per heavy atom. The maximum atomic E-state index is 11.9. The maximum absolute atomic E-state index is 11.9. The van der Waals surface area contributed by atoms with Crippen molar-refractivity contribution >= 4 is 23.2 Å². The van der Waals surface area contributed by atoms with Gasteiger partial charge in [-0.1, -0.05) is 30.1 Å². The topological polar surface area (TPSA) is 9.23 Å². The van der Waals surface area contributed by atoms with Crippen LogP contribution in [0.4, 0.5) is 8.78 Å². The Balaban J connectivity index is 3.04. The highest BCUT2D eigenvalue weighted by molar-refractivity contribution is 6.36. The molecule has 78 valence electrons. The lowest BCUT2D eigenvalue weighted by atomic mass is 10.1. The van der Waals surface area contributed by atoms with Crippen molar-refractivity contribution in [3.63, 3.8) is 0 Å². The van der Waals surface area contributed by atoms with Crippen LogP contribution in [0.2, 0.25) is 10.0 Å². The van der Waals surface area contributed by atoms with Gasteiger partial charge in [0, 0.05) is 5.02 Å². The maximum Gasteiger partial charge on any atom is 0.387 e. The zero-order chi connectivity index (χ0) is 10.7. The highest BCUT2D eigenvalue weighted by Gasteiger charge is 2.11. The molecule has 0 unspecified atom stereocenters. The molecule has 1 rings (SSSR count). The minimum Gasteiger partial charge on any atom is -0.433 e. The Bertz CT molecular complexity index is 329. The van der Waals surface area contributed by atoms with Crippen LogP contribution in [0.15, 0.2) is 12.1 Å². The second kappa shape index (κ2) is 4.80. The molecular formula is C9H8Cl2F2O. The van der Waals surface area contributed by atoms with E-state index >= 15 is 0 Å².